The highest BCUT2D eigenvalue weighted by atomic mass is 79.9. The first-order chi connectivity index (χ1) is 44.0. The number of morpholine rings is 1. The van der Waals surface area contributed by atoms with Crippen molar-refractivity contribution in [3.63, 3.8) is 0 Å². The van der Waals surface area contributed by atoms with Gasteiger partial charge >= 0.3 is 23.6 Å². The van der Waals surface area contributed by atoms with Crippen molar-refractivity contribution in [3.8, 4) is 11.5 Å². The number of carboxylic acid groups (broad SMARTS) is 2. The summed E-state index contributed by atoms with van der Waals surface area (Å²) in [6.07, 6.45) is 3.43. The van der Waals surface area contributed by atoms with Crippen LogP contribution in [0.4, 0.5) is 0 Å². The maximum atomic E-state index is 12.4. The van der Waals surface area contributed by atoms with Gasteiger partial charge in [-0.15, -0.1) is 21.7 Å². The number of aromatic nitrogens is 4. The van der Waals surface area contributed by atoms with Gasteiger partial charge in [0.15, 0.2) is 5.52 Å². The second-order valence-corrected chi connectivity index (χ2v) is 22.5. The fourth-order valence-electron chi connectivity index (χ4n) is 12.2. The third-order valence-corrected chi connectivity index (χ3v) is 17.0. The number of piperidine rings is 1. The second-order valence-electron chi connectivity index (χ2n) is 22.0. The SMILES string of the molecule is Br.CN1[C@@H]2CC(OC(=O)[C@H](CO)c3ccccc3)C[C@H]1[C@@H]1O[C@@H]12.O=C(O)c1cc2ccccc2c(Cc2c(O)c(C(=O)O)cc3ccccc23)c1O.O=c1[nH]c(=O)n(O)c2nc[nH]c12.OCCOCCN1CCN(C(c2ccccc2)c2ccc(Cl)cc2)CC1.OCl. The topological polar surface area (TPSA) is 337 Å². The molecule has 7 aromatic carbocycles. The van der Waals surface area contributed by atoms with Gasteiger partial charge in [-0.05, 0) is 69.5 Å². The number of hydrogen-bond acceptors (Lipinski definition) is 18. The molecule has 6 heterocycles. The van der Waals surface area contributed by atoms with Crippen LogP contribution in [0, 0.1) is 0 Å². The second kappa shape index (κ2) is 32.4. The quantitative estimate of drug-likeness (QED) is 0.0191. The first-order valence-electron chi connectivity index (χ1n) is 29.2. The monoisotopic (exact) mass is 1370 g/mol. The lowest BCUT2D eigenvalue weighted by molar-refractivity contribution is -0.156. The highest BCUT2D eigenvalue weighted by molar-refractivity contribution is 8.93. The highest BCUT2D eigenvalue weighted by Gasteiger charge is 2.63. The van der Waals surface area contributed by atoms with Crippen LogP contribution in [0.25, 0.3) is 32.7 Å². The number of H-pyrrole nitrogens is 2. The Bertz CT molecular complexity index is 3960. The van der Waals surface area contributed by atoms with Crippen molar-refractivity contribution in [3.05, 3.63) is 217 Å². The number of carboxylic acids is 2. The van der Waals surface area contributed by atoms with Crippen LogP contribution in [-0.4, -0.2) is 189 Å². The van der Waals surface area contributed by atoms with Crippen molar-refractivity contribution in [2.75, 3.05) is 66.2 Å². The molecule has 23 nitrogen and oxygen atoms in total. The Hall–Kier alpha value is -8.24. The molecule has 7 atom stereocenters. The molecule has 486 valence electrons. The van der Waals surface area contributed by atoms with Gasteiger partial charge in [0, 0.05) is 80.2 Å². The van der Waals surface area contributed by atoms with E-state index in [4.69, 9.17) is 40.8 Å². The van der Waals surface area contributed by atoms with Gasteiger partial charge < -0.3 is 55.0 Å². The van der Waals surface area contributed by atoms with Crippen LogP contribution in [0.1, 0.15) is 73.3 Å². The number of rotatable bonds is 16. The van der Waals surface area contributed by atoms with Crippen molar-refractivity contribution >= 4 is 91.1 Å². The smallest absolute Gasteiger partial charge is 0.363 e. The number of hydrogen-bond donors (Lipinski definition) is 10. The molecule has 0 spiro atoms. The number of imidazole rings is 1. The number of aliphatic hydroxyl groups excluding tert-OH is 2. The number of carbonyl (C=O) groups is 3. The summed E-state index contributed by atoms with van der Waals surface area (Å²) in [5.41, 5.74) is 1.99. The Morgan fingerprint density at radius 1 is 0.707 bits per heavy atom. The van der Waals surface area contributed by atoms with Crippen LogP contribution < -0.4 is 11.2 Å². The molecule has 2 unspecified atom stereocenters. The fourth-order valence-corrected chi connectivity index (χ4v) is 12.3. The van der Waals surface area contributed by atoms with Gasteiger partial charge in [-0.2, -0.15) is 0 Å². The molecule has 0 amide bonds. The predicted molar refractivity (Wildman–Crippen MR) is 350 cm³/mol. The average molecular weight is 1370 g/mol. The molecule has 10 N–H and O–H groups in total. The summed E-state index contributed by atoms with van der Waals surface area (Å²) in [5, 5.41) is 70.9. The minimum absolute atomic E-state index is 0. The number of aromatic carboxylic acids is 2. The van der Waals surface area contributed by atoms with Crippen LogP contribution >= 0.6 is 40.4 Å². The first kappa shape index (κ1) is 69.6. The lowest BCUT2D eigenvalue weighted by Gasteiger charge is -2.39. The Morgan fingerprint density at radius 2 is 1.22 bits per heavy atom. The van der Waals surface area contributed by atoms with Gasteiger partial charge in [0.25, 0.3) is 5.56 Å². The molecule has 4 saturated heterocycles. The van der Waals surface area contributed by atoms with Crippen molar-refractivity contribution in [2.45, 2.75) is 61.6 Å². The molecular formula is C66H70BrCl2N7O16. The van der Waals surface area contributed by atoms with Crippen molar-refractivity contribution in [1.29, 1.82) is 0 Å². The van der Waals surface area contributed by atoms with E-state index in [9.17, 15) is 49.5 Å². The van der Waals surface area contributed by atoms with Crippen LogP contribution in [0.15, 0.2) is 162 Å². The molecule has 92 heavy (non-hydrogen) atoms. The molecule has 9 aromatic rings. The number of esters is 1. The number of nitrogens with one attached hydrogen (secondary N) is 2. The summed E-state index contributed by atoms with van der Waals surface area (Å²) in [7, 11) is 2.13. The first-order valence-corrected chi connectivity index (χ1v) is 29.9. The van der Waals surface area contributed by atoms with Crippen molar-refractivity contribution in [1.82, 2.24) is 34.4 Å². The molecule has 0 aliphatic carbocycles. The molecular weight excluding hydrogens is 1300 g/mol. The summed E-state index contributed by atoms with van der Waals surface area (Å²) < 4.78 is 23.5. The van der Waals surface area contributed by atoms with E-state index in [0.717, 1.165) is 56.2 Å². The lowest BCUT2D eigenvalue weighted by atomic mass is 9.90. The third kappa shape index (κ3) is 16.1. The Morgan fingerprint density at radius 3 is 1.74 bits per heavy atom. The largest absolute Gasteiger partial charge is 0.507 e. The number of halogens is 3. The van der Waals surface area contributed by atoms with E-state index in [2.05, 4.69) is 86.0 Å². The van der Waals surface area contributed by atoms with E-state index in [-0.39, 0.29) is 81.8 Å². The van der Waals surface area contributed by atoms with E-state index < -0.39 is 40.6 Å². The van der Waals surface area contributed by atoms with Crippen LogP contribution in [0.3, 0.4) is 0 Å². The van der Waals surface area contributed by atoms with Gasteiger partial charge in [-0.25, -0.2) is 19.4 Å². The van der Waals surface area contributed by atoms with Gasteiger partial charge in [-0.1, -0.05) is 133 Å². The standard InChI is InChI=1S/C23H16O6.C21H27ClN2O2.C17H21NO4.C5H4N4O3.BrH.ClHO/c24-20-16(14-7-3-1-5-12(14)9-18(20)22(26)27)11-17-15-8-4-2-6-13(15)10-19(21(17)25)23(28)29;22-20-8-6-19(7-9-20)21(18-4-2-1-3-5-18)24-12-10-23(11-13-24)14-16-26-17-15-25;1-18-13-7-11(8-14(18)16-15(13)22-16)21-17(20)12(9-19)10-5-3-2-4-6-10;10-4-2-3(7-1-6-2)9(12)5(11)8-4;;1-2/h1-10,24-25H,11H2,(H,26,27)(H,28,29);1-9,21,25H,10-17H2;2-6,11-16,19H,7-9H2,1H3;1,12H,(H,6,7)(H,8,10,11);1H;2H/t;;11?,12-,13-,14+,15-,16+;;;/m..1.../s1. The van der Waals surface area contributed by atoms with E-state index in [1.807, 2.05) is 47.4 Å². The zero-order chi connectivity index (χ0) is 64.9. The molecule has 2 bridgehead atoms. The lowest BCUT2D eigenvalue weighted by Crippen LogP contribution is -2.48. The molecule has 4 aliphatic rings. The number of ether oxygens (including phenoxy) is 3. The normalized spacial score (nSPS) is 18.8. The molecule has 2 aromatic heterocycles. The number of carbonyl (C=O) groups excluding carboxylic acids is 1. The molecule has 4 fully saturated rings. The number of fused-ring (bicyclic) bond motifs is 8. The molecule has 0 radical (unpaired) electrons. The van der Waals surface area contributed by atoms with Crippen LogP contribution in [-0.2, 0) is 25.4 Å². The van der Waals surface area contributed by atoms with Gasteiger partial charge in [-0.3, -0.25) is 33.9 Å². The van der Waals surface area contributed by atoms with E-state index >= 15 is 0 Å². The molecule has 0 saturated carbocycles. The summed E-state index contributed by atoms with van der Waals surface area (Å²) in [6.45, 7) is 5.98. The number of phenols is 2. The zero-order valence-electron chi connectivity index (χ0n) is 49.7. The van der Waals surface area contributed by atoms with E-state index in [0.29, 0.717) is 70.2 Å². The van der Waals surface area contributed by atoms with Gasteiger partial charge in [0.1, 0.15) is 46.9 Å². The maximum absolute atomic E-state index is 12.4. The zero-order valence-corrected chi connectivity index (χ0v) is 52.9. The molecule has 4 aliphatic heterocycles. The Balaban J connectivity index is 0.000000161. The third-order valence-electron chi connectivity index (χ3n) is 16.7. The Kier molecular flexibility index (Phi) is 24.5. The fraction of sp³-hybridized carbons (Fsp3) is 0.303. The van der Waals surface area contributed by atoms with Gasteiger partial charge in [0.05, 0.1) is 50.7 Å². The number of piperazine rings is 1. The summed E-state index contributed by atoms with van der Waals surface area (Å²) >= 11 is 9.73. The number of benzene rings is 7. The average Bonchev–Trinajstić information content (AvgIpc) is 1.55. The van der Waals surface area contributed by atoms with Crippen molar-refractivity contribution in [2.24, 2.45) is 0 Å². The Labute approximate surface area is 547 Å². The van der Waals surface area contributed by atoms with Crippen molar-refractivity contribution < 1.29 is 69.1 Å². The number of nitrogens with zero attached hydrogens (tertiary/aromatic N) is 5. The maximum Gasteiger partial charge on any atom is 0.363 e. The number of aromatic hydroxyl groups is 2. The van der Waals surface area contributed by atoms with E-state index in [1.54, 1.807) is 48.5 Å². The number of aromatic amines is 2. The molecule has 13 rings (SSSR count). The minimum atomic E-state index is -1.28. The van der Waals surface area contributed by atoms with E-state index in [1.165, 1.54) is 29.6 Å². The summed E-state index contributed by atoms with van der Waals surface area (Å²) in [4.78, 5) is 72.6. The predicted octanol–water partition coefficient (Wildman–Crippen LogP) is 7.73. The minimum Gasteiger partial charge on any atom is -0.507 e. The van der Waals surface area contributed by atoms with Crippen LogP contribution in [0.2, 0.25) is 5.02 Å². The summed E-state index contributed by atoms with van der Waals surface area (Å²) in [6, 6.07) is 46.0. The number of aliphatic hydroxyl groups is 2. The molecule has 26 heteroatoms. The number of likely N-dealkylation sites (N-methyl/N-ethyl adjacent to an activating group) is 1. The highest BCUT2D eigenvalue weighted by Crippen LogP contribution is 2.48. The number of epoxide rings is 1. The van der Waals surface area contributed by atoms with Gasteiger partial charge in [0.2, 0.25) is 5.65 Å². The summed E-state index contributed by atoms with van der Waals surface area (Å²) in [5.74, 6) is -4.27. The van der Waals surface area contributed by atoms with Crippen LogP contribution in [0.5, 0.6) is 11.5 Å².